The number of nitrogens with zero attached hydrogens (tertiary/aromatic N) is 1. The maximum absolute atomic E-state index is 10.9. The van der Waals surface area contributed by atoms with E-state index in [2.05, 4.69) is 9.72 Å². The fourth-order valence-electron chi connectivity index (χ4n) is 0.701. The quantitative estimate of drug-likeness (QED) is 0.615. The van der Waals surface area contributed by atoms with Crippen LogP contribution in [0, 0.1) is 0 Å². The fraction of sp³-hybridized carbons (Fsp3) is 0.167. The van der Waals surface area contributed by atoms with Gasteiger partial charge in [-0.2, -0.15) is 4.09 Å². The summed E-state index contributed by atoms with van der Waals surface area (Å²) in [5, 5.41) is 0. The molecule has 0 aromatic carbocycles. The zero-order valence-electron chi connectivity index (χ0n) is 6.54. The van der Waals surface area contributed by atoms with Crippen LogP contribution in [0.4, 0.5) is 0 Å². The van der Waals surface area contributed by atoms with Gasteiger partial charge in [-0.05, 0) is 0 Å². The van der Waals surface area contributed by atoms with Crippen LogP contribution >= 0.6 is 11.8 Å². The maximum atomic E-state index is 10.9. The molecule has 1 aromatic rings. The first-order valence-corrected chi connectivity index (χ1v) is 3.51. The van der Waals surface area contributed by atoms with Crippen LogP contribution in [0.1, 0.15) is 10.5 Å². The molecule has 1 aromatic heterocycles. The number of methoxy groups -OCH3 is 1. The summed E-state index contributed by atoms with van der Waals surface area (Å²) in [6.07, 6.45) is 0. The number of carbonyl (C=O) groups is 1. The van der Waals surface area contributed by atoms with Gasteiger partial charge in [-0.3, -0.25) is 9.78 Å². The molecule has 1 rings (SSSR count). The van der Waals surface area contributed by atoms with Crippen molar-refractivity contribution < 1.29 is 9.53 Å². The van der Waals surface area contributed by atoms with Crippen LogP contribution in [-0.4, -0.2) is 22.1 Å². The molecular formula is C6H5ClN2O4. The Bertz CT molecular complexity index is 415. The van der Waals surface area contributed by atoms with E-state index in [4.69, 9.17) is 11.8 Å². The highest BCUT2D eigenvalue weighted by molar-refractivity contribution is 6.15. The number of hydrogen-bond donors (Lipinski definition) is 1. The largest absolute Gasteiger partial charge is 0.464 e. The molecule has 1 N–H and O–H groups in total. The Morgan fingerprint density at radius 3 is 2.69 bits per heavy atom. The molecule has 1 heterocycles. The van der Waals surface area contributed by atoms with Crippen LogP contribution in [0.3, 0.4) is 0 Å². The van der Waals surface area contributed by atoms with Crippen molar-refractivity contribution in [2.24, 2.45) is 0 Å². The zero-order valence-corrected chi connectivity index (χ0v) is 7.29. The van der Waals surface area contributed by atoms with Gasteiger partial charge in [0.25, 0.3) is 5.56 Å². The van der Waals surface area contributed by atoms with Crippen LogP contribution in [0.2, 0.25) is 0 Å². The first-order chi connectivity index (χ1) is 6.06. The number of H-pyrrole nitrogens is 1. The molecule has 6 nitrogen and oxygen atoms in total. The van der Waals surface area contributed by atoms with Crippen molar-refractivity contribution in [2.45, 2.75) is 0 Å². The number of ether oxygens (including phenoxy) is 1. The van der Waals surface area contributed by atoms with Gasteiger partial charge in [0.15, 0.2) is 0 Å². The lowest BCUT2D eigenvalue weighted by Crippen LogP contribution is -2.31. The lowest BCUT2D eigenvalue weighted by molar-refractivity contribution is 0.0593. The molecule has 0 amide bonds. The Morgan fingerprint density at radius 2 is 2.23 bits per heavy atom. The number of rotatable bonds is 1. The molecule has 0 unspecified atom stereocenters. The van der Waals surface area contributed by atoms with Crippen molar-refractivity contribution in [1.82, 2.24) is 9.07 Å². The smallest absolute Gasteiger partial charge is 0.354 e. The number of aromatic nitrogens is 2. The molecule has 0 atom stereocenters. The number of aromatic amines is 1. The van der Waals surface area contributed by atoms with E-state index in [1.54, 1.807) is 0 Å². The Hall–Kier alpha value is -1.56. The SMILES string of the molecule is COC(=O)c1cc(=O)n(Cl)c(=O)[nH]1. The lowest BCUT2D eigenvalue weighted by atomic mass is 10.4. The van der Waals surface area contributed by atoms with Gasteiger partial charge in [-0.15, -0.1) is 0 Å². The standard InChI is InChI=1S/C6H5ClN2O4/c1-13-5(11)3-2-4(10)9(7)6(12)8-3/h2H,1H3,(H,8,12). The third-order valence-electron chi connectivity index (χ3n) is 1.29. The summed E-state index contributed by atoms with van der Waals surface area (Å²) in [6.45, 7) is 0. The minimum Gasteiger partial charge on any atom is -0.464 e. The molecule has 0 bridgehead atoms. The molecule has 0 aliphatic rings. The molecule has 0 fully saturated rings. The van der Waals surface area contributed by atoms with Crippen LogP contribution in [0.25, 0.3) is 0 Å². The Kier molecular flexibility index (Phi) is 2.52. The number of esters is 1. The number of carbonyl (C=O) groups excluding carboxylic acids is 1. The van der Waals surface area contributed by atoms with Gasteiger partial charge < -0.3 is 4.74 Å². The van der Waals surface area contributed by atoms with Gasteiger partial charge in [-0.25, -0.2) is 9.59 Å². The van der Waals surface area contributed by atoms with E-state index in [-0.39, 0.29) is 5.69 Å². The van der Waals surface area contributed by atoms with E-state index in [1.807, 2.05) is 0 Å². The monoisotopic (exact) mass is 204 g/mol. The molecule has 0 spiro atoms. The van der Waals surface area contributed by atoms with Crippen LogP contribution in [0.5, 0.6) is 0 Å². The molecule has 7 heteroatoms. The average Bonchev–Trinajstić information content (AvgIpc) is 2.12. The Morgan fingerprint density at radius 1 is 1.62 bits per heavy atom. The van der Waals surface area contributed by atoms with E-state index in [1.165, 1.54) is 0 Å². The predicted molar refractivity (Wildman–Crippen MR) is 43.9 cm³/mol. The average molecular weight is 205 g/mol. The summed E-state index contributed by atoms with van der Waals surface area (Å²) in [4.78, 5) is 34.6. The highest BCUT2D eigenvalue weighted by atomic mass is 35.5. The Labute approximate surface area is 76.8 Å². The van der Waals surface area contributed by atoms with Gasteiger partial charge in [0, 0.05) is 17.8 Å². The van der Waals surface area contributed by atoms with E-state index < -0.39 is 17.2 Å². The summed E-state index contributed by atoms with van der Waals surface area (Å²) in [7, 11) is 1.13. The van der Waals surface area contributed by atoms with Crippen LogP contribution in [0.15, 0.2) is 15.7 Å². The highest BCUT2D eigenvalue weighted by Gasteiger charge is 2.09. The lowest BCUT2D eigenvalue weighted by Gasteiger charge is -1.97. The maximum Gasteiger partial charge on any atom is 0.354 e. The van der Waals surface area contributed by atoms with Gasteiger partial charge in [0.2, 0.25) is 0 Å². The molecule has 0 aliphatic heterocycles. The molecule has 0 aliphatic carbocycles. The van der Waals surface area contributed by atoms with E-state index in [9.17, 15) is 14.4 Å². The normalized spacial score (nSPS) is 9.69. The minimum absolute atomic E-state index is 0.227. The highest BCUT2D eigenvalue weighted by Crippen LogP contribution is 1.89. The fourth-order valence-corrected chi connectivity index (χ4v) is 0.792. The van der Waals surface area contributed by atoms with Gasteiger partial charge in [-0.1, -0.05) is 0 Å². The molecule has 0 saturated carbocycles. The van der Waals surface area contributed by atoms with Crippen LogP contribution in [-0.2, 0) is 4.74 Å². The summed E-state index contributed by atoms with van der Waals surface area (Å²) in [6, 6.07) is 0.875. The second kappa shape index (κ2) is 3.44. The summed E-state index contributed by atoms with van der Waals surface area (Å²) >= 11 is 5.21. The minimum atomic E-state index is -0.880. The van der Waals surface area contributed by atoms with Gasteiger partial charge >= 0.3 is 11.7 Å². The Balaban J connectivity index is 3.38. The second-order valence-electron chi connectivity index (χ2n) is 2.10. The number of nitrogens with one attached hydrogen (secondary N) is 1. The third-order valence-corrected chi connectivity index (χ3v) is 1.61. The van der Waals surface area contributed by atoms with Gasteiger partial charge in [0.1, 0.15) is 5.69 Å². The van der Waals surface area contributed by atoms with Gasteiger partial charge in [0.05, 0.1) is 7.11 Å². The topological polar surface area (TPSA) is 81.2 Å². The van der Waals surface area contributed by atoms with E-state index in [0.29, 0.717) is 4.09 Å². The van der Waals surface area contributed by atoms with Crippen molar-refractivity contribution >= 4 is 17.7 Å². The summed E-state index contributed by atoms with van der Waals surface area (Å²) in [5.41, 5.74) is -1.89. The third kappa shape index (κ3) is 1.78. The first-order valence-electron chi connectivity index (χ1n) is 3.17. The van der Waals surface area contributed by atoms with Crippen molar-refractivity contribution in [3.8, 4) is 0 Å². The van der Waals surface area contributed by atoms with Crippen molar-refractivity contribution in [2.75, 3.05) is 7.11 Å². The summed E-state index contributed by atoms with van der Waals surface area (Å²) < 4.78 is 4.61. The predicted octanol–water partition coefficient (Wildman–Crippen LogP) is -0.675. The molecule has 0 saturated heterocycles. The zero-order chi connectivity index (χ0) is 10.0. The molecule has 13 heavy (non-hydrogen) atoms. The van der Waals surface area contributed by atoms with Crippen LogP contribution < -0.4 is 11.2 Å². The molecule has 70 valence electrons. The van der Waals surface area contributed by atoms with E-state index >= 15 is 0 Å². The van der Waals surface area contributed by atoms with Crippen molar-refractivity contribution in [3.63, 3.8) is 0 Å². The first kappa shape index (κ1) is 9.53. The number of halogens is 1. The van der Waals surface area contributed by atoms with Crippen molar-refractivity contribution in [3.05, 3.63) is 32.6 Å². The summed E-state index contributed by atoms with van der Waals surface area (Å²) in [5.74, 6) is -0.800. The molecule has 0 radical (unpaired) electrons. The second-order valence-corrected chi connectivity index (χ2v) is 2.44. The van der Waals surface area contributed by atoms with E-state index in [0.717, 1.165) is 13.2 Å². The molecular weight excluding hydrogens is 200 g/mol. The number of hydrogen-bond acceptors (Lipinski definition) is 4. The van der Waals surface area contributed by atoms with Crippen molar-refractivity contribution in [1.29, 1.82) is 0 Å².